The lowest BCUT2D eigenvalue weighted by Crippen LogP contribution is -2.36. The highest BCUT2D eigenvalue weighted by molar-refractivity contribution is 5.94. The van der Waals surface area contributed by atoms with Gasteiger partial charge in [-0.05, 0) is 30.5 Å². The van der Waals surface area contributed by atoms with Crippen molar-refractivity contribution in [2.24, 2.45) is 5.92 Å². The van der Waals surface area contributed by atoms with Gasteiger partial charge in [0.05, 0.1) is 0 Å². The first-order chi connectivity index (χ1) is 13.0. The predicted octanol–water partition coefficient (Wildman–Crippen LogP) is 3.34. The standard InChI is InChI=1S/C22H35N3O2/c1-17(2)22(27)25(3)16-18-10-12-19(13-11-18)21(26)24-15-14-23-20-8-6-4-5-7-9-20/h10-13,17,20,23H,4-9,14-16H2,1-3H3,(H,24,26). The van der Waals surface area contributed by atoms with E-state index in [9.17, 15) is 9.59 Å². The van der Waals surface area contributed by atoms with Crippen molar-refractivity contribution < 1.29 is 9.59 Å². The van der Waals surface area contributed by atoms with Gasteiger partial charge in [0, 0.05) is 44.2 Å². The first kappa shape index (κ1) is 21.4. The van der Waals surface area contributed by atoms with Gasteiger partial charge in [-0.3, -0.25) is 9.59 Å². The Kier molecular flexibility index (Phi) is 8.79. The van der Waals surface area contributed by atoms with Crippen LogP contribution in [0.4, 0.5) is 0 Å². The molecule has 1 fully saturated rings. The minimum absolute atomic E-state index is 0.00773. The Morgan fingerprint density at radius 3 is 2.26 bits per heavy atom. The Morgan fingerprint density at radius 2 is 1.67 bits per heavy atom. The summed E-state index contributed by atoms with van der Waals surface area (Å²) in [6.45, 7) is 5.82. The smallest absolute Gasteiger partial charge is 0.251 e. The maximum atomic E-state index is 12.3. The second-order valence-electron chi connectivity index (χ2n) is 7.94. The summed E-state index contributed by atoms with van der Waals surface area (Å²) in [5.74, 6) is 0.0699. The van der Waals surface area contributed by atoms with E-state index in [1.54, 1.807) is 4.90 Å². The van der Waals surface area contributed by atoms with E-state index in [0.29, 0.717) is 24.7 Å². The molecule has 1 aromatic rings. The second-order valence-corrected chi connectivity index (χ2v) is 7.94. The number of carbonyl (C=O) groups excluding carboxylic acids is 2. The Hall–Kier alpha value is -1.88. The molecular weight excluding hydrogens is 338 g/mol. The van der Waals surface area contributed by atoms with Crippen molar-refractivity contribution in [3.8, 4) is 0 Å². The van der Waals surface area contributed by atoms with Crippen molar-refractivity contribution in [2.45, 2.75) is 65.0 Å². The van der Waals surface area contributed by atoms with Crippen molar-refractivity contribution in [1.82, 2.24) is 15.5 Å². The van der Waals surface area contributed by atoms with E-state index in [4.69, 9.17) is 0 Å². The average Bonchev–Trinajstić information content (AvgIpc) is 2.93. The molecule has 0 unspecified atom stereocenters. The van der Waals surface area contributed by atoms with E-state index in [2.05, 4.69) is 10.6 Å². The molecule has 2 N–H and O–H groups in total. The van der Waals surface area contributed by atoms with Gasteiger partial charge in [0.25, 0.3) is 5.91 Å². The van der Waals surface area contributed by atoms with Crippen LogP contribution in [0, 0.1) is 5.92 Å². The van der Waals surface area contributed by atoms with Crippen LogP contribution in [0.5, 0.6) is 0 Å². The van der Waals surface area contributed by atoms with Crippen molar-refractivity contribution in [1.29, 1.82) is 0 Å². The molecule has 27 heavy (non-hydrogen) atoms. The van der Waals surface area contributed by atoms with Crippen molar-refractivity contribution in [2.75, 3.05) is 20.1 Å². The van der Waals surface area contributed by atoms with Gasteiger partial charge < -0.3 is 15.5 Å². The molecule has 2 amide bonds. The maximum Gasteiger partial charge on any atom is 0.251 e. The van der Waals surface area contributed by atoms with Gasteiger partial charge in [0.15, 0.2) is 0 Å². The number of rotatable bonds is 8. The molecule has 0 saturated heterocycles. The molecule has 0 atom stereocenters. The molecule has 0 radical (unpaired) electrons. The minimum atomic E-state index is -0.0455. The van der Waals surface area contributed by atoms with Crippen molar-refractivity contribution >= 4 is 11.8 Å². The van der Waals surface area contributed by atoms with Crippen LogP contribution in [0.15, 0.2) is 24.3 Å². The minimum Gasteiger partial charge on any atom is -0.351 e. The Balaban J connectivity index is 1.72. The number of carbonyl (C=O) groups is 2. The lowest BCUT2D eigenvalue weighted by Gasteiger charge is -2.19. The van der Waals surface area contributed by atoms with Gasteiger partial charge >= 0.3 is 0 Å². The highest BCUT2D eigenvalue weighted by Gasteiger charge is 2.14. The number of hydrogen-bond donors (Lipinski definition) is 2. The van der Waals surface area contributed by atoms with Gasteiger partial charge in [0.2, 0.25) is 5.91 Å². The highest BCUT2D eigenvalue weighted by atomic mass is 16.2. The molecule has 1 saturated carbocycles. The topological polar surface area (TPSA) is 61.4 Å². The molecule has 0 heterocycles. The zero-order chi connectivity index (χ0) is 19.6. The normalized spacial score (nSPS) is 15.4. The van der Waals surface area contributed by atoms with Crippen LogP contribution in [-0.4, -0.2) is 42.9 Å². The summed E-state index contributed by atoms with van der Waals surface area (Å²) < 4.78 is 0. The van der Waals surface area contributed by atoms with Crippen LogP contribution in [0.3, 0.4) is 0 Å². The lowest BCUT2D eigenvalue weighted by molar-refractivity contribution is -0.133. The Bertz CT molecular complexity index is 590. The van der Waals surface area contributed by atoms with E-state index in [0.717, 1.165) is 12.1 Å². The first-order valence-electron chi connectivity index (χ1n) is 10.3. The fourth-order valence-electron chi connectivity index (χ4n) is 3.59. The van der Waals surface area contributed by atoms with Gasteiger partial charge in [-0.25, -0.2) is 0 Å². The first-order valence-corrected chi connectivity index (χ1v) is 10.3. The van der Waals surface area contributed by atoms with E-state index in [-0.39, 0.29) is 17.7 Å². The van der Waals surface area contributed by atoms with Crippen LogP contribution < -0.4 is 10.6 Å². The molecule has 150 valence electrons. The number of nitrogens with one attached hydrogen (secondary N) is 2. The second kappa shape index (κ2) is 11.1. The molecule has 0 aromatic heterocycles. The third-order valence-electron chi connectivity index (χ3n) is 5.20. The third-order valence-corrected chi connectivity index (χ3v) is 5.20. The van der Waals surface area contributed by atoms with Crippen LogP contribution in [-0.2, 0) is 11.3 Å². The van der Waals surface area contributed by atoms with Crippen LogP contribution in [0.1, 0.15) is 68.3 Å². The Morgan fingerprint density at radius 1 is 1.04 bits per heavy atom. The molecule has 5 nitrogen and oxygen atoms in total. The molecule has 1 aliphatic carbocycles. The zero-order valence-corrected chi connectivity index (χ0v) is 17.1. The van der Waals surface area contributed by atoms with Gasteiger partial charge in [0.1, 0.15) is 0 Å². The molecular formula is C22H35N3O2. The maximum absolute atomic E-state index is 12.3. The van der Waals surface area contributed by atoms with Crippen molar-refractivity contribution in [3.63, 3.8) is 0 Å². The van der Waals surface area contributed by atoms with E-state index in [1.165, 1.54) is 38.5 Å². The SMILES string of the molecule is CC(C)C(=O)N(C)Cc1ccc(C(=O)NCCNC2CCCCCC2)cc1. The van der Waals surface area contributed by atoms with E-state index >= 15 is 0 Å². The summed E-state index contributed by atoms with van der Waals surface area (Å²) in [4.78, 5) is 26.0. The molecule has 5 heteroatoms. The number of nitrogens with zero attached hydrogens (tertiary/aromatic N) is 1. The van der Waals surface area contributed by atoms with Crippen LogP contribution in [0.2, 0.25) is 0 Å². The average molecular weight is 374 g/mol. The third kappa shape index (κ3) is 7.33. The highest BCUT2D eigenvalue weighted by Crippen LogP contribution is 2.16. The largest absolute Gasteiger partial charge is 0.351 e. The fourth-order valence-corrected chi connectivity index (χ4v) is 3.59. The van der Waals surface area contributed by atoms with Crippen LogP contribution in [0.25, 0.3) is 0 Å². The predicted molar refractivity (Wildman–Crippen MR) is 110 cm³/mol. The molecule has 0 spiro atoms. The lowest BCUT2D eigenvalue weighted by atomic mass is 10.1. The number of amides is 2. The summed E-state index contributed by atoms with van der Waals surface area (Å²) in [6, 6.07) is 8.11. The summed E-state index contributed by atoms with van der Waals surface area (Å²) in [5.41, 5.74) is 1.68. The van der Waals surface area contributed by atoms with E-state index in [1.807, 2.05) is 45.2 Å². The van der Waals surface area contributed by atoms with Crippen molar-refractivity contribution in [3.05, 3.63) is 35.4 Å². The summed E-state index contributed by atoms with van der Waals surface area (Å²) in [5, 5.41) is 6.55. The monoisotopic (exact) mass is 373 g/mol. The molecule has 0 aliphatic heterocycles. The summed E-state index contributed by atoms with van der Waals surface area (Å²) >= 11 is 0. The molecule has 0 bridgehead atoms. The van der Waals surface area contributed by atoms with Crippen LogP contribution >= 0.6 is 0 Å². The molecule has 1 aliphatic rings. The number of benzene rings is 1. The Labute approximate surface area is 163 Å². The van der Waals surface area contributed by atoms with E-state index < -0.39 is 0 Å². The van der Waals surface area contributed by atoms with Gasteiger partial charge in [-0.15, -0.1) is 0 Å². The molecule has 1 aromatic carbocycles. The van der Waals surface area contributed by atoms with Gasteiger partial charge in [-0.1, -0.05) is 51.7 Å². The summed E-state index contributed by atoms with van der Waals surface area (Å²) in [7, 11) is 1.81. The summed E-state index contributed by atoms with van der Waals surface area (Å²) in [6.07, 6.45) is 7.84. The van der Waals surface area contributed by atoms with Gasteiger partial charge in [-0.2, -0.15) is 0 Å². The molecule has 2 rings (SSSR count). The quantitative estimate of drug-likeness (QED) is 0.543. The zero-order valence-electron chi connectivity index (χ0n) is 17.1. The number of hydrogen-bond acceptors (Lipinski definition) is 3. The fraction of sp³-hybridized carbons (Fsp3) is 0.636.